The van der Waals surface area contributed by atoms with E-state index in [9.17, 15) is 8.42 Å². The lowest BCUT2D eigenvalue weighted by Gasteiger charge is -2.05. The number of rotatable bonds is 3. The summed E-state index contributed by atoms with van der Waals surface area (Å²) in [6.07, 6.45) is 1.87. The van der Waals surface area contributed by atoms with Crippen LogP contribution in [-0.4, -0.2) is 18.0 Å². The Morgan fingerprint density at radius 2 is 1.69 bits per heavy atom. The summed E-state index contributed by atoms with van der Waals surface area (Å²) in [5, 5.41) is 10.5. The van der Waals surface area contributed by atoms with Crippen molar-refractivity contribution in [2.75, 3.05) is 0 Å². The zero-order chi connectivity index (χ0) is 18.3. The second-order valence-corrected chi connectivity index (χ2v) is 7.83. The minimum Gasteiger partial charge on any atom is -0.240 e. The first-order chi connectivity index (χ1) is 12.4. The molecule has 26 heavy (non-hydrogen) atoms. The number of nitrogens with zero attached hydrogens (tertiary/aromatic N) is 2. The molecule has 0 aliphatic carbocycles. The van der Waals surface area contributed by atoms with Crippen LogP contribution in [0.5, 0.6) is 0 Å². The second-order valence-electron chi connectivity index (χ2n) is 5.83. The fourth-order valence-electron chi connectivity index (χ4n) is 2.93. The van der Waals surface area contributed by atoms with E-state index in [0.29, 0.717) is 5.02 Å². The van der Waals surface area contributed by atoms with Gasteiger partial charge in [0.1, 0.15) is 5.69 Å². The van der Waals surface area contributed by atoms with E-state index in [1.807, 2.05) is 48.7 Å². The van der Waals surface area contributed by atoms with Crippen molar-refractivity contribution in [1.29, 1.82) is 0 Å². The van der Waals surface area contributed by atoms with Gasteiger partial charge in [-0.15, -0.1) is 0 Å². The first kappa shape index (κ1) is 16.8. The van der Waals surface area contributed by atoms with Gasteiger partial charge in [0, 0.05) is 22.3 Å². The summed E-state index contributed by atoms with van der Waals surface area (Å²) in [5.74, 6) is 0. The maximum atomic E-state index is 11.5. The highest BCUT2D eigenvalue weighted by Gasteiger charge is 2.17. The highest BCUT2D eigenvalue weighted by atomic mass is 35.5. The highest BCUT2D eigenvalue weighted by Crippen LogP contribution is 2.36. The van der Waals surface area contributed by atoms with E-state index in [1.165, 1.54) is 12.1 Å². The number of sulfonamides is 1. The van der Waals surface area contributed by atoms with E-state index in [0.717, 1.165) is 27.9 Å². The lowest BCUT2D eigenvalue weighted by Crippen LogP contribution is -2.11. The van der Waals surface area contributed by atoms with Gasteiger partial charge in [-0.25, -0.2) is 18.1 Å². The molecule has 0 bridgehead atoms. The maximum Gasteiger partial charge on any atom is 0.238 e. The molecule has 5 nitrogen and oxygen atoms in total. The third-order valence-corrected chi connectivity index (χ3v) is 5.27. The third-order valence-electron chi connectivity index (χ3n) is 4.11. The van der Waals surface area contributed by atoms with Crippen molar-refractivity contribution >= 4 is 27.1 Å². The zero-order valence-electron chi connectivity index (χ0n) is 13.5. The summed E-state index contributed by atoms with van der Waals surface area (Å²) in [5.41, 5.74) is 4.32. The van der Waals surface area contributed by atoms with Crippen LogP contribution in [0.3, 0.4) is 0 Å². The Morgan fingerprint density at radius 3 is 2.38 bits per heavy atom. The molecule has 0 unspecified atom stereocenters. The van der Waals surface area contributed by atoms with Gasteiger partial charge in [0.05, 0.1) is 10.4 Å². The summed E-state index contributed by atoms with van der Waals surface area (Å²) in [7, 11) is -3.74. The molecule has 0 saturated heterocycles. The lowest BCUT2D eigenvalue weighted by molar-refractivity contribution is 0.598. The first-order valence-electron chi connectivity index (χ1n) is 7.80. The topological polar surface area (TPSA) is 77.5 Å². The molecule has 2 N–H and O–H groups in total. The SMILES string of the molecule is NS(=O)(=O)c1ccc(-c2nn3ccccc3c2-c2cccc(Cl)c2)cc1. The van der Waals surface area contributed by atoms with Gasteiger partial charge in [-0.05, 0) is 42.0 Å². The number of pyridine rings is 1. The van der Waals surface area contributed by atoms with Gasteiger partial charge in [0.15, 0.2) is 0 Å². The Hall–Kier alpha value is -2.67. The Bertz CT molecular complexity index is 1220. The molecule has 2 aromatic heterocycles. The van der Waals surface area contributed by atoms with E-state index >= 15 is 0 Å². The van der Waals surface area contributed by atoms with Crippen molar-refractivity contribution in [1.82, 2.24) is 9.61 Å². The van der Waals surface area contributed by atoms with Crippen molar-refractivity contribution < 1.29 is 8.42 Å². The third kappa shape index (κ3) is 2.99. The van der Waals surface area contributed by atoms with Gasteiger partial charge in [0.2, 0.25) is 10.0 Å². The summed E-state index contributed by atoms with van der Waals surface area (Å²) in [4.78, 5) is 0.0642. The van der Waals surface area contributed by atoms with Crippen molar-refractivity contribution in [2.45, 2.75) is 4.90 Å². The Morgan fingerprint density at radius 1 is 0.923 bits per heavy atom. The number of halogens is 1. The molecule has 0 aliphatic heterocycles. The van der Waals surface area contributed by atoms with Crippen molar-refractivity contribution in [3.8, 4) is 22.4 Å². The van der Waals surface area contributed by atoms with Crippen LogP contribution >= 0.6 is 11.6 Å². The molecule has 0 fully saturated rings. The standard InChI is InChI=1S/C19H14ClN3O2S/c20-15-5-3-4-14(12-15)18-17-6-1-2-11-23(17)22-19(18)13-7-9-16(10-8-13)26(21,24)25/h1-12H,(H2,21,24,25). The average Bonchev–Trinajstić information content (AvgIpc) is 3.00. The second kappa shape index (κ2) is 6.25. The molecule has 0 aliphatic rings. The van der Waals surface area contributed by atoms with Crippen molar-refractivity contribution in [3.05, 3.63) is 77.9 Å². The normalized spacial score (nSPS) is 11.8. The van der Waals surface area contributed by atoms with Gasteiger partial charge in [-0.1, -0.05) is 41.9 Å². The number of fused-ring (bicyclic) bond motifs is 1. The molecule has 130 valence electrons. The minimum absolute atomic E-state index is 0.0642. The Labute approximate surface area is 155 Å². The highest BCUT2D eigenvalue weighted by molar-refractivity contribution is 7.89. The Balaban J connectivity index is 1.97. The molecular formula is C19H14ClN3O2S. The lowest BCUT2D eigenvalue weighted by atomic mass is 10.00. The maximum absolute atomic E-state index is 11.5. The largest absolute Gasteiger partial charge is 0.240 e. The molecule has 7 heteroatoms. The van der Waals surface area contributed by atoms with Crippen LogP contribution in [0.15, 0.2) is 77.8 Å². The molecule has 4 rings (SSSR count). The summed E-state index contributed by atoms with van der Waals surface area (Å²) in [6, 6.07) is 19.7. The van der Waals surface area contributed by atoms with Gasteiger partial charge >= 0.3 is 0 Å². The summed E-state index contributed by atoms with van der Waals surface area (Å²) in [6.45, 7) is 0. The van der Waals surface area contributed by atoms with Gasteiger partial charge in [-0.2, -0.15) is 5.10 Å². The predicted octanol–water partition coefficient (Wildman–Crippen LogP) is 3.97. The van der Waals surface area contributed by atoms with Gasteiger partial charge < -0.3 is 0 Å². The van der Waals surface area contributed by atoms with Crippen molar-refractivity contribution in [2.24, 2.45) is 5.14 Å². The molecule has 2 aromatic carbocycles. The van der Waals surface area contributed by atoms with E-state index in [-0.39, 0.29) is 4.90 Å². The van der Waals surface area contributed by atoms with Crippen LogP contribution in [0.2, 0.25) is 5.02 Å². The van der Waals surface area contributed by atoms with E-state index < -0.39 is 10.0 Å². The van der Waals surface area contributed by atoms with Crippen LogP contribution < -0.4 is 5.14 Å². The smallest absolute Gasteiger partial charge is 0.238 e. The number of primary sulfonamides is 1. The number of hydrogen-bond donors (Lipinski definition) is 1. The molecule has 0 spiro atoms. The number of aromatic nitrogens is 2. The quantitative estimate of drug-likeness (QED) is 0.581. The zero-order valence-corrected chi connectivity index (χ0v) is 15.1. The van der Waals surface area contributed by atoms with Crippen LogP contribution in [0.4, 0.5) is 0 Å². The first-order valence-corrected chi connectivity index (χ1v) is 9.72. The van der Waals surface area contributed by atoms with Crippen LogP contribution in [0.1, 0.15) is 0 Å². The number of hydrogen-bond acceptors (Lipinski definition) is 3. The van der Waals surface area contributed by atoms with Gasteiger partial charge in [-0.3, -0.25) is 0 Å². The molecule has 4 aromatic rings. The molecule has 2 heterocycles. The van der Waals surface area contributed by atoms with Crippen LogP contribution in [0, 0.1) is 0 Å². The van der Waals surface area contributed by atoms with Crippen LogP contribution in [-0.2, 0) is 10.0 Å². The fraction of sp³-hybridized carbons (Fsp3) is 0. The van der Waals surface area contributed by atoms with Crippen molar-refractivity contribution in [3.63, 3.8) is 0 Å². The molecule has 0 amide bonds. The fourth-order valence-corrected chi connectivity index (χ4v) is 3.64. The number of nitrogens with two attached hydrogens (primary N) is 1. The summed E-state index contributed by atoms with van der Waals surface area (Å²) >= 11 is 6.17. The summed E-state index contributed by atoms with van der Waals surface area (Å²) < 4.78 is 24.8. The van der Waals surface area contributed by atoms with E-state index in [4.69, 9.17) is 16.7 Å². The van der Waals surface area contributed by atoms with E-state index in [1.54, 1.807) is 16.6 Å². The Kier molecular flexibility index (Phi) is 4.03. The minimum atomic E-state index is -3.74. The number of benzene rings is 2. The molecule has 0 radical (unpaired) electrons. The molecular weight excluding hydrogens is 370 g/mol. The molecule has 0 atom stereocenters. The molecule has 0 saturated carbocycles. The van der Waals surface area contributed by atoms with E-state index in [2.05, 4.69) is 5.10 Å². The average molecular weight is 384 g/mol. The predicted molar refractivity (Wildman–Crippen MR) is 102 cm³/mol. The van der Waals surface area contributed by atoms with Gasteiger partial charge in [0.25, 0.3) is 0 Å². The van der Waals surface area contributed by atoms with Crippen LogP contribution in [0.25, 0.3) is 27.9 Å². The monoisotopic (exact) mass is 383 g/mol.